The minimum absolute atomic E-state index is 0.523. The van der Waals surface area contributed by atoms with Crippen molar-refractivity contribution in [1.29, 1.82) is 0 Å². The fourth-order valence-corrected chi connectivity index (χ4v) is 2.66. The number of ether oxygens (including phenoxy) is 2. The van der Waals surface area contributed by atoms with E-state index in [9.17, 15) is 9.90 Å². The van der Waals surface area contributed by atoms with Crippen molar-refractivity contribution >= 4 is 5.97 Å². The average molecular weight is 258 g/mol. The third-order valence-electron chi connectivity index (χ3n) is 3.92. The number of carbonyl (C=O) groups is 1. The van der Waals surface area contributed by atoms with Crippen molar-refractivity contribution in [3.8, 4) is 0 Å². The quantitative estimate of drug-likeness (QED) is 0.713. The van der Waals surface area contributed by atoms with Gasteiger partial charge in [-0.3, -0.25) is 4.79 Å². The first-order valence-electron chi connectivity index (χ1n) is 7.01. The van der Waals surface area contributed by atoms with Gasteiger partial charge in [-0.25, -0.2) is 0 Å². The van der Waals surface area contributed by atoms with Gasteiger partial charge >= 0.3 is 5.97 Å². The highest BCUT2D eigenvalue weighted by Crippen LogP contribution is 2.37. The second kappa shape index (κ2) is 8.48. The lowest BCUT2D eigenvalue weighted by atomic mass is 9.74. The zero-order valence-corrected chi connectivity index (χ0v) is 11.5. The summed E-state index contributed by atoms with van der Waals surface area (Å²) in [6.07, 6.45) is 7.88. The van der Waals surface area contributed by atoms with E-state index in [1.807, 2.05) is 0 Å². The van der Waals surface area contributed by atoms with Gasteiger partial charge in [-0.1, -0.05) is 32.1 Å². The number of hydrogen-bond acceptors (Lipinski definition) is 3. The van der Waals surface area contributed by atoms with E-state index >= 15 is 0 Å². The minimum Gasteiger partial charge on any atom is -0.481 e. The van der Waals surface area contributed by atoms with Crippen LogP contribution in [0.25, 0.3) is 0 Å². The van der Waals surface area contributed by atoms with Crippen molar-refractivity contribution in [2.24, 2.45) is 5.41 Å². The standard InChI is InChI=1S/C14H26O4/c1-17-11-12-18-10-9-14(13(15)16)7-5-3-2-4-6-8-14/h2-12H2,1H3,(H,15,16). The molecule has 1 N–H and O–H groups in total. The summed E-state index contributed by atoms with van der Waals surface area (Å²) in [4.78, 5) is 11.6. The van der Waals surface area contributed by atoms with Crippen LogP contribution in [0.5, 0.6) is 0 Å². The molecule has 18 heavy (non-hydrogen) atoms. The van der Waals surface area contributed by atoms with Gasteiger partial charge in [0, 0.05) is 13.7 Å². The molecular weight excluding hydrogens is 232 g/mol. The van der Waals surface area contributed by atoms with Crippen LogP contribution in [0.15, 0.2) is 0 Å². The predicted molar refractivity (Wildman–Crippen MR) is 69.7 cm³/mol. The first-order chi connectivity index (χ1) is 8.71. The Labute approximate surface area is 110 Å². The number of hydrogen-bond donors (Lipinski definition) is 1. The third kappa shape index (κ3) is 4.94. The van der Waals surface area contributed by atoms with Crippen molar-refractivity contribution in [3.05, 3.63) is 0 Å². The molecule has 4 heteroatoms. The molecule has 0 amide bonds. The molecular formula is C14H26O4. The molecule has 1 saturated carbocycles. The Balaban J connectivity index is 2.42. The maximum atomic E-state index is 11.6. The molecule has 0 bridgehead atoms. The molecule has 0 aromatic rings. The molecule has 4 nitrogen and oxygen atoms in total. The Morgan fingerprint density at radius 3 is 2.22 bits per heavy atom. The Hall–Kier alpha value is -0.610. The van der Waals surface area contributed by atoms with Crippen LogP contribution < -0.4 is 0 Å². The summed E-state index contributed by atoms with van der Waals surface area (Å²) >= 11 is 0. The molecule has 1 aliphatic carbocycles. The molecule has 0 heterocycles. The molecule has 0 spiro atoms. The maximum Gasteiger partial charge on any atom is 0.309 e. The highest BCUT2D eigenvalue weighted by molar-refractivity contribution is 5.74. The van der Waals surface area contributed by atoms with Gasteiger partial charge in [-0.05, 0) is 19.3 Å². The minimum atomic E-state index is -0.639. The van der Waals surface area contributed by atoms with Crippen LogP contribution in [0.2, 0.25) is 0 Å². The van der Waals surface area contributed by atoms with Crippen molar-refractivity contribution in [1.82, 2.24) is 0 Å². The van der Waals surface area contributed by atoms with Crippen LogP contribution in [-0.4, -0.2) is 38.0 Å². The van der Waals surface area contributed by atoms with E-state index in [2.05, 4.69) is 0 Å². The molecule has 0 aromatic heterocycles. The third-order valence-corrected chi connectivity index (χ3v) is 3.92. The molecule has 1 fully saturated rings. The molecule has 106 valence electrons. The summed E-state index contributed by atoms with van der Waals surface area (Å²) in [6.45, 7) is 1.64. The first-order valence-corrected chi connectivity index (χ1v) is 7.01. The average Bonchev–Trinajstić information content (AvgIpc) is 2.31. The van der Waals surface area contributed by atoms with Crippen LogP contribution in [0.1, 0.15) is 51.4 Å². The molecule has 0 aromatic carbocycles. The number of rotatable bonds is 7. The van der Waals surface area contributed by atoms with E-state index in [1.54, 1.807) is 7.11 Å². The Kier molecular flexibility index (Phi) is 7.28. The van der Waals surface area contributed by atoms with Gasteiger partial charge in [0.05, 0.1) is 18.6 Å². The topological polar surface area (TPSA) is 55.8 Å². The van der Waals surface area contributed by atoms with Gasteiger partial charge in [-0.2, -0.15) is 0 Å². The molecule has 0 atom stereocenters. The zero-order chi connectivity index (χ0) is 13.3. The lowest BCUT2D eigenvalue weighted by molar-refractivity contribution is -0.152. The smallest absolute Gasteiger partial charge is 0.309 e. The van der Waals surface area contributed by atoms with Crippen molar-refractivity contribution in [3.63, 3.8) is 0 Å². The van der Waals surface area contributed by atoms with Crippen molar-refractivity contribution < 1.29 is 19.4 Å². The molecule has 0 aliphatic heterocycles. The number of carboxylic acids is 1. The largest absolute Gasteiger partial charge is 0.481 e. The second-order valence-electron chi connectivity index (χ2n) is 5.21. The van der Waals surface area contributed by atoms with Crippen LogP contribution in [0.4, 0.5) is 0 Å². The molecule has 0 unspecified atom stereocenters. The van der Waals surface area contributed by atoms with Gasteiger partial charge in [0.15, 0.2) is 0 Å². The van der Waals surface area contributed by atoms with Gasteiger partial charge in [0.1, 0.15) is 0 Å². The molecule has 1 aliphatic rings. The van der Waals surface area contributed by atoms with Crippen LogP contribution >= 0.6 is 0 Å². The highest BCUT2D eigenvalue weighted by Gasteiger charge is 2.37. The normalized spacial score (nSPS) is 20.1. The maximum absolute atomic E-state index is 11.6. The molecule has 1 rings (SSSR count). The monoisotopic (exact) mass is 258 g/mol. The second-order valence-corrected chi connectivity index (χ2v) is 5.21. The van der Waals surface area contributed by atoms with E-state index < -0.39 is 11.4 Å². The highest BCUT2D eigenvalue weighted by atomic mass is 16.5. The summed E-state index contributed by atoms with van der Waals surface area (Å²) in [5, 5.41) is 9.53. The fraction of sp³-hybridized carbons (Fsp3) is 0.929. The van der Waals surface area contributed by atoms with Crippen LogP contribution in [0, 0.1) is 5.41 Å². The van der Waals surface area contributed by atoms with E-state index in [0.29, 0.717) is 26.2 Å². The van der Waals surface area contributed by atoms with E-state index in [0.717, 1.165) is 25.7 Å². The molecule has 0 saturated heterocycles. The zero-order valence-electron chi connectivity index (χ0n) is 11.5. The number of methoxy groups -OCH3 is 1. The van der Waals surface area contributed by atoms with E-state index in [-0.39, 0.29) is 0 Å². The first kappa shape index (κ1) is 15.4. The number of aliphatic carboxylic acids is 1. The number of carboxylic acid groups (broad SMARTS) is 1. The summed E-state index contributed by atoms with van der Waals surface area (Å²) in [5.74, 6) is -0.639. The van der Waals surface area contributed by atoms with E-state index in [1.165, 1.54) is 19.3 Å². The Morgan fingerprint density at radius 2 is 1.67 bits per heavy atom. The van der Waals surface area contributed by atoms with Crippen molar-refractivity contribution in [2.45, 2.75) is 51.4 Å². The fourth-order valence-electron chi connectivity index (χ4n) is 2.66. The predicted octanol–water partition coefficient (Wildman–Crippen LogP) is 2.85. The van der Waals surface area contributed by atoms with Crippen LogP contribution in [0.3, 0.4) is 0 Å². The van der Waals surface area contributed by atoms with Crippen LogP contribution in [-0.2, 0) is 14.3 Å². The van der Waals surface area contributed by atoms with Gasteiger partial charge in [0.2, 0.25) is 0 Å². The van der Waals surface area contributed by atoms with Gasteiger partial charge in [-0.15, -0.1) is 0 Å². The van der Waals surface area contributed by atoms with Gasteiger partial charge < -0.3 is 14.6 Å². The summed E-state index contributed by atoms with van der Waals surface area (Å²) in [6, 6.07) is 0. The lowest BCUT2D eigenvalue weighted by Gasteiger charge is -2.31. The summed E-state index contributed by atoms with van der Waals surface area (Å²) < 4.78 is 10.3. The van der Waals surface area contributed by atoms with E-state index in [4.69, 9.17) is 9.47 Å². The Bertz CT molecular complexity index is 232. The summed E-state index contributed by atoms with van der Waals surface area (Å²) in [5.41, 5.74) is -0.548. The molecule has 0 radical (unpaired) electrons. The lowest BCUT2D eigenvalue weighted by Crippen LogP contribution is -2.33. The summed E-state index contributed by atoms with van der Waals surface area (Å²) in [7, 11) is 1.64. The Morgan fingerprint density at radius 1 is 1.06 bits per heavy atom. The SMILES string of the molecule is COCCOCCC1(C(=O)O)CCCCCCC1. The van der Waals surface area contributed by atoms with Crippen molar-refractivity contribution in [2.75, 3.05) is 26.9 Å². The van der Waals surface area contributed by atoms with Gasteiger partial charge in [0.25, 0.3) is 0 Å².